The number of hydrogen-bond acceptors (Lipinski definition) is 2. The van der Waals surface area contributed by atoms with E-state index in [1.807, 2.05) is 60.7 Å². The first-order chi connectivity index (χ1) is 11.3. The molecule has 2 nitrogen and oxygen atoms in total. The van der Waals surface area contributed by atoms with Crippen molar-refractivity contribution in [3.05, 3.63) is 96.1 Å². The minimum absolute atomic E-state index is 0.0581. The van der Waals surface area contributed by atoms with E-state index in [4.69, 9.17) is 4.74 Å². The summed E-state index contributed by atoms with van der Waals surface area (Å²) >= 11 is 0. The summed E-state index contributed by atoms with van der Waals surface area (Å²) in [6.07, 6.45) is -0.465. The Morgan fingerprint density at radius 1 is 0.696 bits per heavy atom. The summed E-state index contributed by atoms with van der Waals surface area (Å²) < 4.78 is 5.62. The van der Waals surface area contributed by atoms with E-state index in [1.165, 1.54) is 11.1 Å². The SMILES string of the molecule is O=C(c1ccccc1)[C@@H]1O[C@@H]1c1ccc(-c2ccccc2)cc1. The normalized spacial score (nSPS) is 19.3. The van der Waals surface area contributed by atoms with Crippen LogP contribution in [0.1, 0.15) is 22.0 Å². The molecule has 0 bridgehead atoms. The third-order valence-electron chi connectivity index (χ3n) is 4.15. The molecule has 0 saturated carbocycles. The van der Waals surface area contributed by atoms with Crippen molar-refractivity contribution in [2.45, 2.75) is 12.2 Å². The average Bonchev–Trinajstić information content (AvgIpc) is 3.43. The van der Waals surface area contributed by atoms with Gasteiger partial charge in [0.05, 0.1) is 0 Å². The summed E-state index contributed by atoms with van der Waals surface area (Å²) in [5.41, 5.74) is 4.12. The molecule has 1 fully saturated rings. The van der Waals surface area contributed by atoms with E-state index in [0.29, 0.717) is 5.56 Å². The Labute approximate surface area is 135 Å². The fourth-order valence-electron chi connectivity index (χ4n) is 2.83. The van der Waals surface area contributed by atoms with Crippen LogP contribution in [-0.4, -0.2) is 11.9 Å². The Kier molecular flexibility index (Phi) is 3.52. The van der Waals surface area contributed by atoms with Crippen molar-refractivity contribution >= 4 is 5.78 Å². The van der Waals surface area contributed by atoms with Gasteiger partial charge in [0, 0.05) is 5.56 Å². The summed E-state index contributed by atoms with van der Waals surface area (Å²) in [7, 11) is 0. The number of ketones is 1. The van der Waals surface area contributed by atoms with Gasteiger partial charge in [-0.15, -0.1) is 0 Å². The molecule has 0 aliphatic carbocycles. The van der Waals surface area contributed by atoms with Crippen LogP contribution in [0.3, 0.4) is 0 Å². The molecule has 0 aromatic heterocycles. The highest BCUT2D eigenvalue weighted by Gasteiger charge is 2.46. The van der Waals surface area contributed by atoms with Gasteiger partial charge in [-0.25, -0.2) is 0 Å². The van der Waals surface area contributed by atoms with E-state index in [2.05, 4.69) is 24.3 Å². The van der Waals surface area contributed by atoms with E-state index in [-0.39, 0.29) is 18.0 Å². The van der Waals surface area contributed by atoms with Gasteiger partial charge in [-0.05, 0) is 16.7 Å². The highest BCUT2D eigenvalue weighted by Crippen LogP contribution is 2.41. The second-order valence-corrected chi connectivity index (χ2v) is 5.70. The molecule has 4 rings (SSSR count). The van der Waals surface area contributed by atoms with Crippen LogP contribution in [0.15, 0.2) is 84.9 Å². The number of Topliss-reactive ketones (excluding diaryl/α,β-unsaturated/α-hetero) is 1. The summed E-state index contributed by atoms with van der Waals surface area (Å²) in [5, 5.41) is 0. The maximum Gasteiger partial charge on any atom is 0.194 e. The monoisotopic (exact) mass is 300 g/mol. The van der Waals surface area contributed by atoms with Crippen molar-refractivity contribution in [1.82, 2.24) is 0 Å². The molecule has 0 N–H and O–H groups in total. The van der Waals surface area contributed by atoms with Crippen molar-refractivity contribution in [2.75, 3.05) is 0 Å². The van der Waals surface area contributed by atoms with Crippen molar-refractivity contribution in [3.8, 4) is 11.1 Å². The lowest BCUT2D eigenvalue weighted by molar-refractivity contribution is 0.0953. The molecule has 0 unspecified atom stereocenters. The van der Waals surface area contributed by atoms with E-state index >= 15 is 0 Å². The molecule has 0 amide bonds. The Morgan fingerprint density at radius 3 is 1.91 bits per heavy atom. The Balaban J connectivity index is 1.49. The van der Waals surface area contributed by atoms with Crippen LogP contribution in [0.5, 0.6) is 0 Å². The smallest absolute Gasteiger partial charge is 0.194 e. The summed E-state index contributed by atoms with van der Waals surface area (Å²) in [5.74, 6) is 0.0581. The first-order valence-electron chi connectivity index (χ1n) is 7.73. The average molecular weight is 300 g/mol. The third kappa shape index (κ3) is 2.81. The van der Waals surface area contributed by atoms with Crippen LogP contribution in [0.4, 0.5) is 0 Å². The van der Waals surface area contributed by atoms with Crippen LogP contribution in [0.2, 0.25) is 0 Å². The lowest BCUT2D eigenvalue weighted by atomic mass is 10.00. The minimum Gasteiger partial charge on any atom is -0.356 e. The molecule has 1 aliphatic rings. The Bertz CT molecular complexity index is 807. The highest BCUT2D eigenvalue weighted by atomic mass is 16.6. The number of carbonyl (C=O) groups excluding carboxylic acids is 1. The van der Waals surface area contributed by atoms with Crippen molar-refractivity contribution in [3.63, 3.8) is 0 Å². The van der Waals surface area contributed by atoms with Crippen LogP contribution < -0.4 is 0 Å². The van der Waals surface area contributed by atoms with Gasteiger partial charge < -0.3 is 4.74 Å². The van der Waals surface area contributed by atoms with Crippen LogP contribution in [0, 0.1) is 0 Å². The minimum atomic E-state index is -0.347. The van der Waals surface area contributed by atoms with Gasteiger partial charge in [-0.3, -0.25) is 4.79 Å². The highest BCUT2D eigenvalue weighted by molar-refractivity contribution is 6.01. The zero-order chi connectivity index (χ0) is 15.6. The molecule has 112 valence electrons. The van der Waals surface area contributed by atoms with E-state index in [1.54, 1.807) is 0 Å². The van der Waals surface area contributed by atoms with Gasteiger partial charge in [0.15, 0.2) is 11.9 Å². The van der Waals surface area contributed by atoms with Gasteiger partial charge in [0.1, 0.15) is 6.10 Å². The molecule has 3 aromatic carbocycles. The topological polar surface area (TPSA) is 29.6 Å². The van der Waals surface area contributed by atoms with Gasteiger partial charge in [-0.2, -0.15) is 0 Å². The van der Waals surface area contributed by atoms with E-state index in [9.17, 15) is 4.79 Å². The van der Waals surface area contributed by atoms with E-state index in [0.717, 1.165) is 5.56 Å². The predicted octanol–water partition coefficient (Wildman–Crippen LogP) is 4.68. The molecule has 2 atom stereocenters. The second-order valence-electron chi connectivity index (χ2n) is 5.70. The van der Waals surface area contributed by atoms with Crippen molar-refractivity contribution in [2.24, 2.45) is 0 Å². The first kappa shape index (κ1) is 13.9. The van der Waals surface area contributed by atoms with Gasteiger partial charge in [0.2, 0.25) is 0 Å². The van der Waals surface area contributed by atoms with Crippen LogP contribution in [-0.2, 0) is 4.74 Å². The molecule has 0 spiro atoms. The molecular weight excluding hydrogens is 284 g/mol. The molecule has 2 heteroatoms. The van der Waals surface area contributed by atoms with Crippen LogP contribution in [0.25, 0.3) is 11.1 Å². The quantitative estimate of drug-likeness (QED) is 0.517. The zero-order valence-electron chi connectivity index (χ0n) is 12.6. The maximum absolute atomic E-state index is 12.4. The summed E-state index contributed by atoms with van der Waals surface area (Å²) in [6, 6.07) is 27.8. The summed E-state index contributed by atoms with van der Waals surface area (Å²) in [4.78, 5) is 12.4. The van der Waals surface area contributed by atoms with Gasteiger partial charge in [-0.1, -0.05) is 84.9 Å². The lowest BCUT2D eigenvalue weighted by Crippen LogP contribution is -2.07. The predicted molar refractivity (Wildman–Crippen MR) is 90.3 cm³/mol. The largest absolute Gasteiger partial charge is 0.356 e. The van der Waals surface area contributed by atoms with Crippen molar-refractivity contribution < 1.29 is 9.53 Å². The number of hydrogen-bond donors (Lipinski definition) is 0. The molecule has 1 heterocycles. The maximum atomic E-state index is 12.4. The molecule has 1 aliphatic heterocycles. The molecule has 3 aromatic rings. The van der Waals surface area contributed by atoms with Gasteiger partial charge >= 0.3 is 0 Å². The third-order valence-corrected chi connectivity index (χ3v) is 4.15. The second kappa shape index (κ2) is 5.82. The zero-order valence-corrected chi connectivity index (χ0v) is 12.6. The number of rotatable bonds is 4. The number of benzene rings is 3. The fraction of sp³-hybridized carbons (Fsp3) is 0.0952. The number of ether oxygens (including phenoxy) is 1. The number of epoxide rings is 1. The Hall–Kier alpha value is -2.71. The summed E-state index contributed by atoms with van der Waals surface area (Å²) in [6.45, 7) is 0. The molecular formula is C21H16O2. The lowest BCUT2D eigenvalue weighted by Gasteiger charge is -2.02. The first-order valence-corrected chi connectivity index (χ1v) is 7.73. The van der Waals surface area contributed by atoms with Crippen LogP contribution >= 0.6 is 0 Å². The standard InChI is InChI=1S/C21H16O2/c22-19(17-9-5-2-6-10-17)21-20(23-21)18-13-11-16(12-14-18)15-7-3-1-4-8-15/h1-14,20-21H/t20-,21+/m1/s1. The van der Waals surface area contributed by atoms with Crippen molar-refractivity contribution in [1.29, 1.82) is 0 Å². The Morgan fingerprint density at radius 2 is 1.26 bits per heavy atom. The van der Waals surface area contributed by atoms with Gasteiger partial charge in [0.25, 0.3) is 0 Å². The molecule has 0 radical (unpaired) electrons. The number of carbonyl (C=O) groups is 1. The molecule has 1 saturated heterocycles. The fourth-order valence-corrected chi connectivity index (χ4v) is 2.83. The molecule has 23 heavy (non-hydrogen) atoms. The van der Waals surface area contributed by atoms with E-state index < -0.39 is 0 Å².